The molecule has 34 heavy (non-hydrogen) atoms. The maximum Gasteiger partial charge on any atom is 0.322 e. The SMILES string of the molecule is C=CCN1C(=O)NC(c2cccc(Cl)c2)C2=C1CN(CC(=O)N1CCC3(CC1)OCCO3)C2=O. The number of nitrogens with one attached hydrogen (secondary N) is 1. The highest BCUT2D eigenvalue weighted by Gasteiger charge is 2.45. The fourth-order valence-corrected chi connectivity index (χ4v) is 5.28. The number of rotatable bonds is 5. The predicted molar refractivity (Wildman–Crippen MR) is 124 cm³/mol. The predicted octanol–water partition coefficient (Wildman–Crippen LogP) is 2.05. The molecule has 0 aliphatic carbocycles. The molecule has 0 saturated carbocycles. The summed E-state index contributed by atoms with van der Waals surface area (Å²) in [4.78, 5) is 44.2. The number of benzene rings is 1. The van der Waals surface area contributed by atoms with Crippen LogP contribution in [0.15, 0.2) is 48.2 Å². The minimum absolute atomic E-state index is 0.0566. The minimum atomic E-state index is -0.638. The van der Waals surface area contributed by atoms with E-state index in [1.54, 1.807) is 29.2 Å². The number of hydrogen-bond acceptors (Lipinski definition) is 5. The van der Waals surface area contributed by atoms with Crippen molar-refractivity contribution in [1.82, 2.24) is 20.0 Å². The number of likely N-dealkylation sites (tertiary alicyclic amines) is 1. The molecule has 1 aromatic carbocycles. The molecule has 1 spiro atoms. The van der Waals surface area contributed by atoms with Gasteiger partial charge in [0.2, 0.25) is 5.91 Å². The standard InChI is InChI=1S/C24H27ClN4O5/c1-2-8-29-18-14-28(15-19(30)27-9-6-24(7-10-27)33-11-12-34-24)22(31)20(18)21(26-23(29)32)16-4-3-5-17(25)13-16/h2-5,13,21H,1,6-12,14-15H2,(H,26,32). The van der Waals surface area contributed by atoms with E-state index < -0.39 is 11.8 Å². The third kappa shape index (κ3) is 4.08. The van der Waals surface area contributed by atoms with Gasteiger partial charge in [0.05, 0.1) is 37.1 Å². The Balaban J connectivity index is 1.34. The van der Waals surface area contributed by atoms with E-state index in [0.717, 1.165) is 0 Å². The van der Waals surface area contributed by atoms with Crippen molar-refractivity contribution < 1.29 is 23.9 Å². The van der Waals surface area contributed by atoms with Gasteiger partial charge in [0.1, 0.15) is 6.54 Å². The summed E-state index contributed by atoms with van der Waals surface area (Å²) in [7, 11) is 0. The zero-order valence-corrected chi connectivity index (χ0v) is 19.6. The van der Waals surface area contributed by atoms with Crippen LogP contribution < -0.4 is 5.32 Å². The molecule has 0 radical (unpaired) electrons. The number of ether oxygens (including phenoxy) is 2. The van der Waals surface area contributed by atoms with E-state index >= 15 is 0 Å². The Labute approximate surface area is 202 Å². The molecular formula is C24H27ClN4O5. The first-order chi connectivity index (χ1) is 16.4. The van der Waals surface area contributed by atoms with Crippen LogP contribution in [0.5, 0.6) is 0 Å². The number of amides is 4. The van der Waals surface area contributed by atoms with Gasteiger partial charge in [-0.05, 0) is 17.7 Å². The van der Waals surface area contributed by atoms with Gasteiger partial charge in [-0.3, -0.25) is 14.5 Å². The van der Waals surface area contributed by atoms with Gasteiger partial charge < -0.3 is 24.6 Å². The fraction of sp³-hybridized carbons (Fsp3) is 0.458. The molecule has 5 rings (SSSR count). The zero-order valence-electron chi connectivity index (χ0n) is 18.8. The Kier molecular flexibility index (Phi) is 6.09. The lowest BCUT2D eigenvalue weighted by Gasteiger charge is -2.38. The smallest absolute Gasteiger partial charge is 0.322 e. The zero-order chi connectivity index (χ0) is 23.9. The highest BCUT2D eigenvalue weighted by molar-refractivity contribution is 6.30. The Bertz CT molecular complexity index is 1060. The maximum atomic E-state index is 13.5. The molecule has 1 unspecified atom stereocenters. The van der Waals surface area contributed by atoms with Gasteiger partial charge in [0.15, 0.2) is 5.79 Å². The number of urea groups is 1. The molecule has 4 heterocycles. The van der Waals surface area contributed by atoms with Gasteiger partial charge in [-0.15, -0.1) is 6.58 Å². The quantitative estimate of drug-likeness (QED) is 0.643. The van der Waals surface area contributed by atoms with E-state index in [4.69, 9.17) is 21.1 Å². The molecule has 4 aliphatic rings. The van der Waals surface area contributed by atoms with Crippen LogP contribution in [0.1, 0.15) is 24.4 Å². The number of carbonyl (C=O) groups excluding carboxylic acids is 3. The summed E-state index contributed by atoms with van der Waals surface area (Å²) in [6.07, 6.45) is 2.84. The lowest BCUT2D eigenvalue weighted by Crippen LogP contribution is -2.50. The summed E-state index contributed by atoms with van der Waals surface area (Å²) in [6.45, 7) is 6.30. The van der Waals surface area contributed by atoms with Crippen LogP contribution in [0.2, 0.25) is 5.02 Å². The summed E-state index contributed by atoms with van der Waals surface area (Å²) in [5.74, 6) is -0.962. The van der Waals surface area contributed by atoms with Crippen molar-refractivity contribution in [3.63, 3.8) is 0 Å². The lowest BCUT2D eigenvalue weighted by molar-refractivity contribution is -0.187. The van der Waals surface area contributed by atoms with Crippen molar-refractivity contribution in [2.75, 3.05) is 45.9 Å². The van der Waals surface area contributed by atoms with Gasteiger partial charge in [-0.1, -0.05) is 29.8 Å². The molecule has 10 heteroatoms. The highest BCUT2D eigenvalue weighted by Crippen LogP contribution is 2.37. The van der Waals surface area contributed by atoms with E-state index in [9.17, 15) is 14.4 Å². The number of carbonyl (C=O) groups is 3. The van der Waals surface area contributed by atoms with E-state index in [0.29, 0.717) is 61.0 Å². The summed E-state index contributed by atoms with van der Waals surface area (Å²) in [5, 5.41) is 3.43. The molecule has 180 valence electrons. The molecule has 1 atom stereocenters. The highest BCUT2D eigenvalue weighted by atomic mass is 35.5. The van der Waals surface area contributed by atoms with Crippen LogP contribution >= 0.6 is 11.6 Å². The molecule has 0 bridgehead atoms. The Morgan fingerprint density at radius 2 is 1.97 bits per heavy atom. The average molecular weight is 487 g/mol. The molecule has 1 aromatic rings. The lowest BCUT2D eigenvalue weighted by atomic mass is 9.95. The first kappa shape index (κ1) is 22.9. The molecule has 4 aliphatic heterocycles. The van der Waals surface area contributed by atoms with E-state index in [1.807, 2.05) is 6.07 Å². The third-order valence-corrected chi connectivity index (χ3v) is 7.04. The second-order valence-corrected chi connectivity index (χ2v) is 9.28. The van der Waals surface area contributed by atoms with Crippen molar-refractivity contribution in [2.45, 2.75) is 24.7 Å². The van der Waals surface area contributed by atoms with Crippen molar-refractivity contribution in [3.05, 3.63) is 58.8 Å². The number of piperidine rings is 1. The molecular weight excluding hydrogens is 460 g/mol. The van der Waals surface area contributed by atoms with Gasteiger partial charge in [-0.25, -0.2) is 4.79 Å². The summed E-state index contributed by atoms with van der Waals surface area (Å²) in [6, 6.07) is 6.12. The summed E-state index contributed by atoms with van der Waals surface area (Å²) >= 11 is 6.17. The second kappa shape index (κ2) is 9.05. The van der Waals surface area contributed by atoms with Crippen LogP contribution in [-0.2, 0) is 19.1 Å². The molecule has 0 aromatic heterocycles. The van der Waals surface area contributed by atoms with Gasteiger partial charge >= 0.3 is 6.03 Å². The van der Waals surface area contributed by atoms with Crippen molar-refractivity contribution >= 4 is 29.4 Å². The minimum Gasteiger partial charge on any atom is -0.347 e. The molecule has 9 nitrogen and oxygen atoms in total. The number of halogens is 1. The molecule has 2 saturated heterocycles. The first-order valence-corrected chi connectivity index (χ1v) is 11.8. The fourth-order valence-electron chi connectivity index (χ4n) is 5.08. The summed E-state index contributed by atoms with van der Waals surface area (Å²) in [5.41, 5.74) is 1.77. The van der Waals surface area contributed by atoms with Crippen LogP contribution in [0.25, 0.3) is 0 Å². The second-order valence-electron chi connectivity index (χ2n) is 8.85. The number of hydrogen-bond donors (Lipinski definition) is 1. The largest absolute Gasteiger partial charge is 0.347 e. The first-order valence-electron chi connectivity index (χ1n) is 11.4. The van der Waals surface area contributed by atoms with Crippen molar-refractivity contribution in [2.24, 2.45) is 0 Å². The van der Waals surface area contributed by atoms with Gasteiger partial charge in [0.25, 0.3) is 5.91 Å². The van der Waals surface area contributed by atoms with Crippen molar-refractivity contribution in [1.29, 1.82) is 0 Å². The average Bonchev–Trinajstić information content (AvgIpc) is 3.41. The topological polar surface area (TPSA) is 91.4 Å². The number of nitrogens with zero attached hydrogens (tertiary/aromatic N) is 3. The Morgan fingerprint density at radius 3 is 2.65 bits per heavy atom. The summed E-state index contributed by atoms with van der Waals surface area (Å²) < 4.78 is 11.5. The molecule has 4 amide bonds. The monoisotopic (exact) mass is 486 g/mol. The van der Waals surface area contributed by atoms with Gasteiger partial charge in [-0.2, -0.15) is 0 Å². The van der Waals surface area contributed by atoms with E-state index in [-0.39, 0.29) is 37.5 Å². The van der Waals surface area contributed by atoms with Crippen LogP contribution in [-0.4, -0.2) is 84.3 Å². The normalized spacial score (nSPS) is 24.0. The Hall–Kier alpha value is -2.88. The molecule has 1 N–H and O–H groups in total. The van der Waals surface area contributed by atoms with E-state index in [1.165, 1.54) is 9.80 Å². The van der Waals surface area contributed by atoms with Crippen molar-refractivity contribution in [3.8, 4) is 0 Å². The Morgan fingerprint density at radius 1 is 1.24 bits per heavy atom. The molecule has 2 fully saturated rings. The van der Waals surface area contributed by atoms with E-state index in [2.05, 4.69) is 11.9 Å². The third-order valence-electron chi connectivity index (χ3n) is 6.81. The van der Waals surface area contributed by atoms with Crippen LogP contribution in [0.4, 0.5) is 4.79 Å². The van der Waals surface area contributed by atoms with Crippen LogP contribution in [0.3, 0.4) is 0 Å². The maximum absolute atomic E-state index is 13.5. The van der Waals surface area contributed by atoms with Crippen LogP contribution in [0, 0.1) is 0 Å². The van der Waals surface area contributed by atoms with Gasteiger partial charge in [0, 0.05) is 37.5 Å².